The van der Waals surface area contributed by atoms with Gasteiger partial charge in [0, 0.05) is 19.1 Å². The number of ether oxygens (including phenoxy) is 1. The molecular formula is C13H25N3O3. The van der Waals surface area contributed by atoms with Crippen LogP contribution in [0.2, 0.25) is 0 Å². The van der Waals surface area contributed by atoms with E-state index in [0.717, 1.165) is 25.8 Å². The minimum atomic E-state index is -0.417. The third kappa shape index (κ3) is 5.92. The van der Waals surface area contributed by atoms with Crippen molar-refractivity contribution < 1.29 is 14.3 Å². The van der Waals surface area contributed by atoms with Gasteiger partial charge in [0.1, 0.15) is 0 Å². The Labute approximate surface area is 114 Å². The zero-order valence-electron chi connectivity index (χ0n) is 11.9. The fourth-order valence-corrected chi connectivity index (χ4v) is 2.68. The first-order chi connectivity index (χ1) is 9.05. The fourth-order valence-electron chi connectivity index (χ4n) is 2.68. The van der Waals surface area contributed by atoms with Crippen LogP contribution in [0.3, 0.4) is 0 Å². The van der Waals surface area contributed by atoms with Crippen molar-refractivity contribution in [2.75, 3.05) is 26.7 Å². The maximum atomic E-state index is 11.3. The first kappa shape index (κ1) is 15.8. The highest BCUT2D eigenvalue weighted by Crippen LogP contribution is 2.22. The van der Waals surface area contributed by atoms with E-state index in [-0.39, 0.29) is 18.5 Å². The molecule has 1 fully saturated rings. The number of alkyl carbamates (subject to hydrolysis) is 1. The SMILES string of the molecule is CCCCC1CC(NC(=O)OC)CN(CC(N)=O)C1. The maximum absolute atomic E-state index is 11.3. The predicted octanol–water partition coefficient (Wildman–Crippen LogP) is 0.708. The van der Waals surface area contributed by atoms with Gasteiger partial charge in [0.05, 0.1) is 13.7 Å². The van der Waals surface area contributed by atoms with Gasteiger partial charge in [0.25, 0.3) is 0 Å². The average molecular weight is 271 g/mol. The van der Waals surface area contributed by atoms with Gasteiger partial charge >= 0.3 is 6.09 Å². The van der Waals surface area contributed by atoms with Crippen LogP contribution in [0, 0.1) is 5.92 Å². The number of nitrogens with zero attached hydrogens (tertiary/aromatic N) is 1. The number of nitrogens with one attached hydrogen (secondary N) is 1. The first-order valence-electron chi connectivity index (χ1n) is 6.90. The van der Waals surface area contributed by atoms with Gasteiger partial charge < -0.3 is 15.8 Å². The second kappa shape index (κ2) is 7.99. The molecule has 0 aromatic rings. The number of amides is 2. The van der Waals surface area contributed by atoms with Crippen molar-refractivity contribution in [1.29, 1.82) is 0 Å². The van der Waals surface area contributed by atoms with Crippen molar-refractivity contribution in [2.45, 2.75) is 38.6 Å². The van der Waals surface area contributed by atoms with Crippen molar-refractivity contribution >= 4 is 12.0 Å². The second-order valence-electron chi connectivity index (χ2n) is 5.24. The summed E-state index contributed by atoms with van der Waals surface area (Å²) in [5.74, 6) is 0.170. The van der Waals surface area contributed by atoms with Gasteiger partial charge in [-0.05, 0) is 18.8 Å². The Balaban J connectivity index is 2.55. The standard InChI is InChI=1S/C13H25N3O3/c1-3-4-5-10-6-11(15-13(18)19-2)8-16(7-10)9-12(14)17/h10-11H,3-9H2,1-2H3,(H2,14,17)(H,15,18). The number of unbranched alkanes of at least 4 members (excludes halogenated alkanes) is 1. The Morgan fingerprint density at radius 3 is 2.74 bits per heavy atom. The van der Waals surface area contributed by atoms with E-state index in [9.17, 15) is 9.59 Å². The van der Waals surface area contributed by atoms with Crippen LogP contribution in [0.15, 0.2) is 0 Å². The lowest BCUT2D eigenvalue weighted by atomic mass is 9.90. The van der Waals surface area contributed by atoms with Gasteiger partial charge in [-0.1, -0.05) is 19.8 Å². The lowest BCUT2D eigenvalue weighted by molar-refractivity contribution is -0.119. The molecule has 1 aliphatic heterocycles. The van der Waals surface area contributed by atoms with Crippen LogP contribution < -0.4 is 11.1 Å². The topological polar surface area (TPSA) is 84.7 Å². The van der Waals surface area contributed by atoms with E-state index in [1.807, 2.05) is 4.90 Å². The zero-order chi connectivity index (χ0) is 14.3. The summed E-state index contributed by atoms with van der Waals surface area (Å²) in [6, 6.07) is 0.0300. The smallest absolute Gasteiger partial charge is 0.407 e. The summed E-state index contributed by atoms with van der Waals surface area (Å²) in [5, 5.41) is 2.82. The van der Waals surface area contributed by atoms with E-state index in [1.54, 1.807) is 0 Å². The monoisotopic (exact) mass is 271 g/mol. The Hall–Kier alpha value is -1.30. The highest BCUT2D eigenvalue weighted by molar-refractivity contribution is 5.76. The van der Waals surface area contributed by atoms with Crippen molar-refractivity contribution in [2.24, 2.45) is 11.7 Å². The summed E-state index contributed by atoms with van der Waals surface area (Å²) in [5.41, 5.74) is 5.25. The molecule has 0 radical (unpaired) electrons. The van der Waals surface area contributed by atoms with Crippen LogP contribution in [-0.4, -0.2) is 49.7 Å². The molecule has 0 aromatic carbocycles. The molecule has 0 spiro atoms. The largest absolute Gasteiger partial charge is 0.453 e. The molecule has 1 rings (SSSR count). The number of methoxy groups -OCH3 is 1. The summed E-state index contributed by atoms with van der Waals surface area (Å²) >= 11 is 0. The lowest BCUT2D eigenvalue weighted by Gasteiger charge is -2.37. The van der Waals surface area contributed by atoms with E-state index < -0.39 is 6.09 Å². The lowest BCUT2D eigenvalue weighted by Crippen LogP contribution is -2.52. The minimum absolute atomic E-state index is 0.0300. The number of hydrogen-bond acceptors (Lipinski definition) is 4. The van der Waals surface area contributed by atoms with Gasteiger partial charge in [0.15, 0.2) is 0 Å². The number of likely N-dealkylation sites (tertiary alicyclic amines) is 1. The molecule has 1 heterocycles. The van der Waals surface area contributed by atoms with Crippen LogP contribution >= 0.6 is 0 Å². The Bertz CT molecular complexity index is 310. The van der Waals surface area contributed by atoms with E-state index in [1.165, 1.54) is 13.5 Å². The molecule has 0 bridgehead atoms. The number of piperidine rings is 1. The molecular weight excluding hydrogens is 246 g/mol. The van der Waals surface area contributed by atoms with Crippen molar-refractivity contribution in [3.05, 3.63) is 0 Å². The van der Waals surface area contributed by atoms with E-state index in [0.29, 0.717) is 12.5 Å². The quantitative estimate of drug-likeness (QED) is 0.745. The van der Waals surface area contributed by atoms with Gasteiger partial charge in [-0.3, -0.25) is 9.69 Å². The number of primary amides is 1. The number of rotatable bonds is 6. The number of nitrogens with two attached hydrogens (primary N) is 1. The van der Waals surface area contributed by atoms with Gasteiger partial charge in [-0.2, -0.15) is 0 Å². The van der Waals surface area contributed by atoms with Crippen LogP contribution in [0.4, 0.5) is 4.79 Å². The molecule has 19 heavy (non-hydrogen) atoms. The molecule has 1 aliphatic rings. The molecule has 2 unspecified atom stereocenters. The second-order valence-corrected chi connectivity index (χ2v) is 5.24. The van der Waals surface area contributed by atoms with Crippen LogP contribution in [0.5, 0.6) is 0 Å². The van der Waals surface area contributed by atoms with E-state index in [4.69, 9.17) is 5.73 Å². The third-order valence-electron chi connectivity index (χ3n) is 3.47. The molecule has 1 saturated heterocycles. The molecule has 3 N–H and O–H groups in total. The summed E-state index contributed by atoms with van der Waals surface area (Å²) in [6.45, 7) is 3.94. The average Bonchev–Trinajstić information content (AvgIpc) is 2.35. The molecule has 6 nitrogen and oxygen atoms in total. The third-order valence-corrected chi connectivity index (χ3v) is 3.47. The first-order valence-corrected chi connectivity index (χ1v) is 6.90. The summed E-state index contributed by atoms with van der Waals surface area (Å²) in [4.78, 5) is 24.3. The van der Waals surface area contributed by atoms with E-state index in [2.05, 4.69) is 17.0 Å². The molecule has 0 saturated carbocycles. The molecule has 2 amide bonds. The van der Waals surface area contributed by atoms with Crippen LogP contribution in [-0.2, 0) is 9.53 Å². The summed E-state index contributed by atoms with van der Waals surface area (Å²) < 4.78 is 4.63. The highest BCUT2D eigenvalue weighted by Gasteiger charge is 2.28. The number of carbonyl (C=O) groups excluding carboxylic acids is 2. The van der Waals surface area contributed by atoms with E-state index >= 15 is 0 Å². The number of carbonyl (C=O) groups is 2. The highest BCUT2D eigenvalue weighted by atomic mass is 16.5. The van der Waals surface area contributed by atoms with Gasteiger partial charge in [0.2, 0.25) is 5.91 Å². The Morgan fingerprint density at radius 2 is 2.16 bits per heavy atom. The van der Waals surface area contributed by atoms with Gasteiger partial charge in [-0.25, -0.2) is 4.79 Å². The number of hydrogen-bond donors (Lipinski definition) is 2. The van der Waals surface area contributed by atoms with Crippen molar-refractivity contribution in [3.8, 4) is 0 Å². The van der Waals surface area contributed by atoms with Crippen LogP contribution in [0.1, 0.15) is 32.6 Å². The summed E-state index contributed by atoms with van der Waals surface area (Å²) in [7, 11) is 1.36. The molecule has 0 aliphatic carbocycles. The molecule has 2 atom stereocenters. The van der Waals surface area contributed by atoms with Gasteiger partial charge in [-0.15, -0.1) is 0 Å². The van der Waals surface area contributed by atoms with Crippen molar-refractivity contribution in [3.63, 3.8) is 0 Å². The molecule has 0 aromatic heterocycles. The van der Waals surface area contributed by atoms with Crippen LogP contribution in [0.25, 0.3) is 0 Å². The minimum Gasteiger partial charge on any atom is -0.453 e. The normalized spacial score (nSPS) is 23.9. The molecule has 6 heteroatoms. The Morgan fingerprint density at radius 1 is 1.42 bits per heavy atom. The zero-order valence-corrected chi connectivity index (χ0v) is 11.9. The Kier molecular flexibility index (Phi) is 6.62. The predicted molar refractivity (Wildman–Crippen MR) is 72.6 cm³/mol. The molecule has 110 valence electrons. The fraction of sp³-hybridized carbons (Fsp3) is 0.846. The van der Waals surface area contributed by atoms with Crippen molar-refractivity contribution in [1.82, 2.24) is 10.2 Å². The summed E-state index contributed by atoms with van der Waals surface area (Å²) in [6.07, 6.45) is 3.96. The maximum Gasteiger partial charge on any atom is 0.407 e.